The number of halogens is 11. The number of amides is 1. The molecule has 3 nitrogen and oxygen atoms in total. The Labute approximate surface area is 167 Å². The Morgan fingerprint density at radius 3 is 2.03 bits per heavy atom. The number of carbonyl (C=O) groups is 1. The van der Waals surface area contributed by atoms with Crippen molar-refractivity contribution in [2.45, 2.75) is 24.1 Å². The smallest absolute Gasteiger partial charge is 0.301 e. The van der Waals surface area contributed by atoms with Gasteiger partial charge >= 0.3 is 18.5 Å². The van der Waals surface area contributed by atoms with Crippen LogP contribution in [0.25, 0.3) is 0 Å². The summed E-state index contributed by atoms with van der Waals surface area (Å²) in [6.45, 7) is 0. The second kappa shape index (κ2) is 7.49. The van der Waals surface area contributed by atoms with Crippen LogP contribution in [0, 0.1) is 0 Å². The van der Waals surface area contributed by atoms with E-state index >= 15 is 0 Å². The van der Waals surface area contributed by atoms with Crippen molar-refractivity contribution in [2.24, 2.45) is 4.99 Å². The summed E-state index contributed by atoms with van der Waals surface area (Å²) >= 11 is 2.05. The van der Waals surface area contributed by atoms with Crippen LogP contribution in [0.2, 0.25) is 0 Å². The quantitative estimate of drug-likeness (QED) is 0.471. The maximum atomic E-state index is 13.6. The predicted octanol–water partition coefficient (Wildman–Crippen LogP) is 5.89. The topological polar surface area (TPSA) is 41.5 Å². The number of allylic oxidation sites excluding steroid dienone is 1. The van der Waals surface area contributed by atoms with Crippen LogP contribution in [0.3, 0.4) is 0 Å². The zero-order chi connectivity index (χ0) is 22.4. The van der Waals surface area contributed by atoms with Gasteiger partial charge in [-0.25, -0.2) is 9.38 Å². The molecule has 1 amide bonds. The van der Waals surface area contributed by atoms with Crippen molar-refractivity contribution in [1.29, 1.82) is 0 Å². The van der Waals surface area contributed by atoms with Gasteiger partial charge in [0.15, 0.2) is 5.17 Å². The molecule has 1 aliphatic heterocycles. The van der Waals surface area contributed by atoms with Gasteiger partial charge < -0.3 is 5.32 Å². The lowest BCUT2D eigenvalue weighted by atomic mass is 9.97. The summed E-state index contributed by atoms with van der Waals surface area (Å²) in [5.74, 6) is -4.89. The highest BCUT2D eigenvalue weighted by Crippen LogP contribution is 2.59. The van der Waals surface area contributed by atoms with Crippen LogP contribution in [-0.4, -0.2) is 35.1 Å². The first-order chi connectivity index (χ1) is 13.0. The third-order valence-electron chi connectivity index (χ3n) is 3.37. The summed E-state index contributed by atoms with van der Waals surface area (Å²) in [5.41, 5.74) is -5.79. The van der Waals surface area contributed by atoms with E-state index in [9.17, 15) is 48.7 Å². The first-order valence-electron chi connectivity index (χ1n) is 6.96. The Balaban J connectivity index is 2.61. The van der Waals surface area contributed by atoms with E-state index in [1.54, 1.807) is 5.32 Å². The van der Waals surface area contributed by atoms with Gasteiger partial charge in [-0.05, 0) is 18.2 Å². The molecule has 0 bridgehead atoms. The van der Waals surface area contributed by atoms with Gasteiger partial charge in [-0.2, -0.15) is 39.5 Å². The Morgan fingerprint density at radius 2 is 1.59 bits per heavy atom. The summed E-state index contributed by atoms with van der Waals surface area (Å²) in [6.07, 6.45) is -19.1. The van der Waals surface area contributed by atoms with E-state index < -0.39 is 57.6 Å². The van der Waals surface area contributed by atoms with Crippen LogP contribution < -0.4 is 5.32 Å². The van der Waals surface area contributed by atoms with Crippen molar-refractivity contribution in [3.8, 4) is 0 Å². The van der Waals surface area contributed by atoms with Crippen molar-refractivity contribution >= 4 is 38.8 Å². The molecule has 1 heterocycles. The highest BCUT2D eigenvalue weighted by Gasteiger charge is 2.77. The van der Waals surface area contributed by atoms with Crippen molar-refractivity contribution in [2.75, 3.05) is 0 Å². The van der Waals surface area contributed by atoms with Crippen LogP contribution in [0.15, 0.2) is 44.5 Å². The molecular formula is C14H5BrF10N2OS. The van der Waals surface area contributed by atoms with Gasteiger partial charge in [-0.3, -0.25) is 4.79 Å². The molecule has 160 valence electrons. The van der Waals surface area contributed by atoms with Gasteiger partial charge in [0.1, 0.15) is 0 Å². The van der Waals surface area contributed by atoms with Gasteiger partial charge in [0.2, 0.25) is 5.83 Å². The first kappa shape index (κ1) is 23.5. The Bertz CT molecular complexity index is 874. The zero-order valence-corrected chi connectivity index (χ0v) is 15.6. The number of thioether (sulfide) groups is 1. The Hall–Kier alpha value is -1.77. The highest BCUT2D eigenvalue weighted by atomic mass is 79.9. The van der Waals surface area contributed by atoms with E-state index in [-0.39, 0.29) is 5.56 Å². The molecule has 1 aromatic carbocycles. The number of nitrogens with zero attached hydrogens (tertiary/aromatic N) is 1. The van der Waals surface area contributed by atoms with E-state index in [1.807, 2.05) is 0 Å². The molecule has 0 atom stereocenters. The van der Waals surface area contributed by atoms with Crippen LogP contribution >= 0.6 is 27.7 Å². The summed E-state index contributed by atoms with van der Waals surface area (Å²) in [7, 11) is 0. The van der Waals surface area contributed by atoms with E-state index in [1.165, 1.54) is 12.1 Å². The number of carbonyl (C=O) groups excluding carboxylic acids is 1. The fourth-order valence-corrected chi connectivity index (χ4v) is 3.68. The number of nitrogens with one attached hydrogen (secondary N) is 1. The third-order valence-corrected chi connectivity index (χ3v) is 4.93. The minimum atomic E-state index is -6.49. The lowest BCUT2D eigenvalue weighted by Gasteiger charge is -2.31. The minimum absolute atomic E-state index is 0.263. The fourth-order valence-electron chi connectivity index (χ4n) is 2.13. The Morgan fingerprint density at radius 1 is 1.03 bits per heavy atom. The van der Waals surface area contributed by atoms with Crippen LogP contribution in [-0.2, 0) is 0 Å². The maximum Gasteiger partial charge on any atom is 0.443 e. The molecule has 0 saturated heterocycles. The molecule has 1 N–H and O–H groups in total. The largest absolute Gasteiger partial charge is 0.443 e. The van der Waals surface area contributed by atoms with Crippen LogP contribution in [0.1, 0.15) is 10.4 Å². The number of amidine groups is 1. The lowest BCUT2D eigenvalue weighted by Crippen LogP contribution is -2.55. The molecule has 2 rings (SSSR count). The van der Waals surface area contributed by atoms with Crippen LogP contribution in [0.5, 0.6) is 0 Å². The molecule has 0 fully saturated rings. The predicted molar refractivity (Wildman–Crippen MR) is 85.7 cm³/mol. The van der Waals surface area contributed by atoms with Crippen molar-refractivity contribution < 1.29 is 48.7 Å². The summed E-state index contributed by atoms with van der Waals surface area (Å²) in [4.78, 5) is 11.5. The second-order valence-corrected chi connectivity index (χ2v) is 7.25. The van der Waals surface area contributed by atoms with E-state index in [0.717, 1.165) is 12.1 Å². The summed E-state index contributed by atoms with van der Waals surface area (Å²) in [5, 5.41) is 0.0417. The van der Waals surface area contributed by atoms with Crippen molar-refractivity contribution in [3.63, 3.8) is 0 Å². The van der Waals surface area contributed by atoms with E-state index in [2.05, 4.69) is 20.9 Å². The number of rotatable bonds is 1. The number of hydrogen-bond acceptors (Lipinski definition) is 3. The lowest BCUT2D eigenvalue weighted by molar-refractivity contribution is -0.280. The summed E-state index contributed by atoms with van der Waals surface area (Å²) in [6, 6.07) is 4.99. The normalized spacial score (nSPS) is 19.1. The second-order valence-electron chi connectivity index (χ2n) is 5.33. The van der Waals surface area contributed by atoms with E-state index in [0.29, 0.717) is 4.47 Å². The van der Waals surface area contributed by atoms with Gasteiger partial charge in [0, 0.05) is 10.0 Å². The van der Waals surface area contributed by atoms with E-state index in [4.69, 9.17) is 0 Å². The highest BCUT2D eigenvalue weighted by molar-refractivity contribution is 9.10. The molecule has 0 aromatic heterocycles. The van der Waals surface area contributed by atoms with Gasteiger partial charge in [0.25, 0.3) is 11.4 Å². The first-order valence-corrected chi connectivity index (χ1v) is 8.57. The number of hydrogen-bond donors (Lipinski definition) is 1. The fraction of sp³-hybridized carbons (Fsp3) is 0.286. The maximum absolute atomic E-state index is 13.6. The molecule has 0 radical (unpaired) electrons. The van der Waals surface area contributed by atoms with Gasteiger partial charge in [-0.1, -0.05) is 33.8 Å². The number of benzene rings is 1. The summed E-state index contributed by atoms with van der Waals surface area (Å²) < 4.78 is 131. The van der Waals surface area contributed by atoms with Crippen molar-refractivity contribution in [1.82, 2.24) is 5.32 Å². The molecule has 15 heteroatoms. The molecule has 0 spiro atoms. The minimum Gasteiger partial charge on any atom is -0.301 e. The molecular weight excluding hydrogens is 514 g/mol. The number of aliphatic imine (C=N–C) groups is 1. The number of alkyl halides is 9. The SMILES string of the molecule is O=C(NC1=NC(C(F)(F)F)(C(F)(F)F)C(=C(F)C(F)(F)F)S1)c1cccc(Br)c1. The molecule has 1 aliphatic rings. The standard InChI is InChI=1S/C14H5BrF10N2OS/c15-6-3-1-2-5(4-6)9(28)26-10-27-11(13(20,21)22,14(23,24)25)8(29-10)7(16)12(17,18)19/h1-4H,(H,26,27,28). The average Bonchev–Trinajstić information content (AvgIpc) is 2.93. The molecule has 29 heavy (non-hydrogen) atoms. The third kappa shape index (κ3) is 4.39. The molecule has 0 aliphatic carbocycles. The average molecular weight is 519 g/mol. The zero-order valence-electron chi connectivity index (χ0n) is 13.2. The monoisotopic (exact) mass is 518 g/mol. The van der Waals surface area contributed by atoms with Gasteiger partial charge in [0.05, 0.1) is 4.91 Å². The Kier molecular flexibility index (Phi) is 6.07. The molecule has 0 saturated carbocycles. The van der Waals surface area contributed by atoms with Gasteiger partial charge in [-0.15, -0.1) is 0 Å². The molecule has 1 aromatic rings. The van der Waals surface area contributed by atoms with Crippen LogP contribution in [0.4, 0.5) is 43.9 Å². The van der Waals surface area contributed by atoms with Crippen molar-refractivity contribution in [3.05, 3.63) is 45.0 Å². The molecule has 0 unspecified atom stereocenters.